The van der Waals surface area contributed by atoms with E-state index in [0.717, 1.165) is 19.4 Å². The highest BCUT2D eigenvalue weighted by atomic mass is 35.5. The van der Waals surface area contributed by atoms with Crippen molar-refractivity contribution in [2.45, 2.75) is 26.4 Å². The molecule has 0 saturated carbocycles. The first-order chi connectivity index (χ1) is 7.20. The van der Waals surface area contributed by atoms with Gasteiger partial charge in [0.05, 0.1) is 12.2 Å². The van der Waals surface area contributed by atoms with Gasteiger partial charge in [0, 0.05) is 13.6 Å². The zero-order valence-electron chi connectivity index (χ0n) is 9.07. The molecule has 0 atom stereocenters. The summed E-state index contributed by atoms with van der Waals surface area (Å²) in [5.41, 5.74) is 0.595. The van der Waals surface area contributed by atoms with Crippen LogP contribution in [0.1, 0.15) is 25.3 Å². The largest absolute Gasteiger partial charge is 0.391 e. The minimum atomic E-state index is -0.133. The number of hydrogen-bond donors (Lipinski definition) is 1. The Bertz CT molecular complexity index is 320. The lowest BCUT2D eigenvalue weighted by Gasteiger charge is -2.20. The predicted octanol–water partition coefficient (Wildman–Crippen LogP) is 1.86. The SMILES string of the molecule is CCCCN(C)c1ncnc(Cl)c1CO. The number of nitrogens with zero attached hydrogens (tertiary/aromatic N) is 3. The average molecular weight is 230 g/mol. The van der Waals surface area contributed by atoms with Gasteiger partial charge in [0.1, 0.15) is 17.3 Å². The number of anilines is 1. The Morgan fingerprint density at radius 2 is 2.20 bits per heavy atom. The molecule has 1 N–H and O–H groups in total. The van der Waals surface area contributed by atoms with Gasteiger partial charge in [0.2, 0.25) is 0 Å². The molecule has 0 aliphatic heterocycles. The van der Waals surface area contributed by atoms with E-state index in [1.807, 2.05) is 11.9 Å². The molecule has 84 valence electrons. The Balaban J connectivity index is 2.87. The second kappa shape index (κ2) is 5.88. The van der Waals surface area contributed by atoms with Crippen LogP contribution in [0, 0.1) is 0 Å². The minimum absolute atomic E-state index is 0.133. The van der Waals surface area contributed by atoms with E-state index in [2.05, 4.69) is 16.9 Å². The van der Waals surface area contributed by atoms with Gasteiger partial charge in [-0.2, -0.15) is 0 Å². The van der Waals surface area contributed by atoms with Crippen molar-refractivity contribution in [3.63, 3.8) is 0 Å². The van der Waals surface area contributed by atoms with E-state index in [4.69, 9.17) is 11.6 Å². The van der Waals surface area contributed by atoms with E-state index in [-0.39, 0.29) is 6.61 Å². The molecule has 1 aromatic rings. The highest BCUT2D eigenvalue weighted by molar-refractivity contribution is 6.30. The predicted molar refractivity (Wildman–Crippen MR) is 61.1 cm³/mol. The maximum absolute atomic E-state index is 9.18. The monoisotopic (exact) mass is 229 g/mol. The second-order valence-corrected chi connectivity index (χ2v) is 3.76. The molecule has 0 amide bonds. The summed E-state index contributed by atoms with van der Waals surface area (Å²) in [6.07, 6.45) is 3.62. The lowest BCUT2D eigenvalue weighted by molar-refractivity contribution is 0.281. The van der Waals surface area contributed by atoms with Crippen LogP contribution >= 0.6 is 11.6 Å². The third kappa shape index (κ3) is 3.04. The molecule has 0 aliphatic carbocycles. The second-order valence-electron chi connectivity index (χ2n) is 3.40. The molecule has 15 heavy (non-hydrogen) atoms. The molecule has 0 fully saturated rings. The number of halogens is 1. The summed E-state index contributed by atoms with van der Waals surface area (Å²) in [6.45, 7) is 2.90. The molecule has 5 heteroatoms. The normalized spacial score (nSPS) is 10.4. The van der Waals surface area contributed by atoms with Crippen LogP contribution in [0.15, 0.2) is 6.33 Å². The quantitative estimate of drug-likeness (QED) is 0.783. The van der Waals surface area contributed by atoms with Crippen LogP contribution < -0.4 is 4.90 Å². The van der Waals surface area contributed by atoms with Gasteiger partial charge >= 0.3 is 0 Å². The first-order valence-electron chi connectivity index (χ1n) is 5.02. The van der Waals surface area contributed by atoms with E-state index in [9.17, 15) is 5.11 Å². The topological polar surface area (TPSA) is 49.2 Å². The highest BCUT2D eigenvalue weighted by Crippen LogP contribution is 2.22. The smallest absolute Gasteiger partial charge is 0.140 e. The Morgan fingerprint density at radius 3 is 2.80 bits per heavy atom. The molecule has 1 aromatic heterocycles. The summed E-state index contributed by atoms with van der Waals surface area (Å²) in [5.74, 6) is 0.714. The van der Waals surface area contributed by atoms with Crippen molar-refractivity contribution in [1.29, 1.82) is 0 Å². The Hall–Kier alpha value is -0.870. The molecule has 4 nitrogen and oxygen atoms in total. The third-order valence-electron chi connectivity index (χ3n) is 2.24. The molecule has 1 rings (SSSR count). The van der Waals surface area contributed by atoms with Gasteiger partial charge in [0.25, 0.3) is 0 Å². The van der Waals surface area contributed by atoms with Crippen molar-refractivity contribution in [1.82, 2.24) is 9.97 Å². The molecule has 0 spiro atoms. The number of hydrogen-bond acceptors (Lipinski definition) is 4. The fourth-order valence-electron chi connectivity index (χ4n) is 1.35. The maximum Gasteiger partial charge on any atom is 0.140 e. The summed E-state index contributed by atoms with van der Waals surface area (Å²) in [5, 5.41) is 9.51. The van der Waals surface area contributed by atoms with Crippen LogP contribution in [0.2, 0.25) is 5.15 Å². The molecular formula is C10H16ClN3O. The van der Waals surface area contributed by atoms with E-state index >= 15 is 0 Å². The molecular weight excluding hydrogens is 214 g/mol. The average Bonchev–Trinajstić information content (AvgIpc) is 2.25. The summed E-state index contributed by atoms with van der Waals surface area (Å²) >= 11 is 5.87. The first kappa shape index (κ1) is 12.2. The molecule has 0 unspecified atom stereocenters. The summed E-state index contributed by atoms with van der Waals surface area (Å²) in [4.78, 5) is 9.96. The number of aromatic nitrogens is 2. The van der Waals surface area contributed by atoms with Crippen LogP contribution in [-0.4, -0.2) is 28.7 Å². The minimum Gasteiger partial charge on any atom is -0.391 e. The van der Waals surface area contributed by atoms with E-state index in [1.165, 1.54) is 6.33 Å². The standard InChI is InChI=1S/C10H16ClN3O/c1-3-4-5-14(2)10-8(6-15)9(11)12-7-13-10/h7,15H,3-6H2,1-2H3. The van der Waals surface area contributed by atoms with Crippen molar-refractivity contribution >= 4 is 17.4 Å². The van der Waals surface area contributed by atoms with Crippen LogP contribution in [0.3, 0.4) is 0 Å². The maximum atomic E-state index is 9.18. The van der Waals surface area contributed by atoms with Gasteiger partial charge in [-0.15, -0.1) is 0 Å². The number of aliphatic hydroxyl groups excluding tert-OH is 1. The fourth-order valence-corrected chi connectivity index (χ4v) is 1.54. The van der Waals surface area contributed by atoms with Crippen molar-refractivity contribution in [3.05, 3.63) is 17.0 Å². The summed E-state index contributed by atoms with van der Waals surface area (Å²) in [6, 6.07) is 0. The zero-order chi connectivity index (χ0) is 11.3. The van der Waals surface area contributed by atoms with Gasteiger partial charge < -0.3 is 10.0 Å². The van der Waals surface area contributed by atoms with Gasteiger partial charge in [-0.05, 0) is 6.42 Å². The van der Waals surface area contributed by atoms with Crippen molar-refractivity contribution in [2.75, 3.05) is 18.5 Å². The van der Waals surface area contributed by atoms with E-state index < -0.39 is 0 Å². The van der Waals surface area contributed by atoms with Crippen LogP contribution in [0.5, 0.6) is 0 Å². The molecule has 0 saturated heterocycles. The highest BCUT2D eigenvalue weighted by Gasteiger charge is 2.12. The van der Waals surface area contributed by atoms with Crippen LogP contribution in [0.4, 0.5) is 5.82 Å². The van der Waals surface area contributed by atoms with Crippen molar-refractivity contribution in [3.8, 4) is 0 Å². The van der Waals surface area contributed by atoms with E-state index in [0.29, 0.717) is 16.5 Å². The summed E-state index contributed by atoms with van der Waals surface area (Å²) in [7, 11) is 1.94. The molecule has 0 radical (unpaired) electrons. The van der Waals surface area contributed by atoms with Gasteiger partial charge in [-0.25, -0.2) is 9.97 Å². The molecule has 0 aliphatic rings. The molecule has 0 bridgehead atoms. The number of rotatable bonds is 5. The lowest BCUT2D eigenvalue weighted by atomic mass is 10.2. The van der Waals surface area contributed by atoms with Gasteiger partial charge in [0.15, 0.2) is 0 Å². The zero-order valence-corrected chi connectivity index (χ0v) is 9.83. The summed E-state index contributed by atoms with van der Waals surface area (Å²) < 4.78 is 0. The third-order valence-corrected chi connectivity index (χ3v) is 2.56. The van der Waals surface area contributed by atoms with Crippen molar-refractivity contribution < 1.29 is 5.11 Å². The number of unbranched alkanes of at least 4 members (excludes halogenated alkanes) is 1. The van der Waals surface area contributed by atoms with Crippen LogP contribution in [-0.2, 0) is 6.61 Å². The van der Waals surface area contributed by atoms with Crippen LogP contribution in [0.25, 0.3) is 0 Å². The van der Waals surface area contributed by atoms with Crippen molar-refractivity contribution in [2.24, 2.45) is 0 Å². The fraction of sp³-hybridized carbons (Fsp3) is 0.600. The van der Waals surface area contributed by atoms with E-state index in [1.54, 1.807) is 0 Å². The molecule has 0 aromatic carbocycles. The Kier molecular flexibility index (Phi) is 4.78. The first-order valence-corrected chi connectivity index (χ1v) is 5.39. The Morgan fingerprint density at radius 1 is 1.47 bits per heavy atom. The Labute approximate surface area is 94.9 Å². The van der Waals surface area contributed by atoms with Gasteiger partial charge in [-0.1, -0.05) is 24.9 Å². The lowest BCUT2D eigenvalue weighted by Crippen LogP contribution is -2.21. The molecule has 1 heterocycles. The number of aliphatic hydroxyl groups is 1. The van der Waals surface area contributed by atoms with Gasteiger partial charge in [-0.3, -0.25) is 0 Å².